The van der Waals surface area contributed by atoms with Crippen LogP contribution in [0.4, 0.5) is 30.8 Å². The van der Waals surface area contributed by atoms with Crippen LogP contribution >= 0.6 is 0 Å². The third-order valence-electron chi connectivity index (χ3n) is 5.71. The third kappa shape index (κ3) is 8.23. The molecular weight excluding hydrogens is 521 g/mol. The minimum Gasteiger partial charge on any atom is -0.507 e. The van der Waals surface area contributed by atoms with E-state index < -0.39 is 24.1 Å². The number of hydrogen-bond acceptors (Lipinski definition) is 11. The fraction of sp³-hybridized carbons (Fsp3) is 0.333. The lowest BCUT2D eigenvalue weighted by Crippen LogP contribution is -2.46. The molecule has 1 aromatic heterocycles. The third-order valence-corrected chi connectivity index (χ3v) is 5.71. The van der Waals surface area contributed by atoms with Gasteiger partial charge in [0.1, 0.15) is 12.4 Å². The molecule has 0 atom stereocenters. The summed E-state index contributed by atoms with van der Waals surface area (Å²) in [5.74, 6) is -0.163. The maximum Gasteiger partial charge on any atom is 0.392 e. The monoisotopic (exact) mass is 546 g/mol. The Morgan fingerprint density at radius 2 is 1.85 bits per heavy atom. The van der Waals surface area contributed by atoms with E-state index in [4.69, 9.17) is 4.74 Å². The lowest BCUT2D eigenvalue weighted by atomic mass is 10.2. The zero-order valence-corrected chi connectivity index (χ0v) is 20.6. The van der Waals surface area contributed by atoms with Gasteiger partial charge in [-0.2, -0.15) is 33.2 Å². The maximum absolute atomic E-state index is 12.6. The van der Waals surface area contributed by atoms with Crippen LogP contribution in [-0.2, 0) is 6.54 Å². The van der Waals surface area contributed by atoms with E-state index >= 15 is 0 Å². The van der Waals surface area contributed by atoms with Crippen LogP contribution in [0.3, 0.4) is 0 Å². The zero-order valence-electron chi connectivity index (χ0n) is 20.6. The second kappa shape index (κ2) is 12.3. The number of non-ortho nitro benzene ring substituents is 1. The molecule has 206 valence electrons. The summed E-state index contributed by atoms with van der Waals surface area (Å²) in [5.41, 5.74) is 3.52. The van der Waals surface area contributed by atoms with Crippen molar-refractivity contribution in [3.63, 3.8) is 0 Å². The highest BCUT2D eigenvalue weighted by atomic mass is 19.4. The second-order valence-electron chi connectivity index (χ2n) is 8.57. The smallest absolute Gasteiger partial charge is 0.392 e. The number of hydrogen-bond donors (Lipinski definition) is 2. The van der Waals surface area contributed by atoms with E-state index in [0.29, 0.717) is 26.2 Å². The van der Waals surface area contributed by atoms with E-state index in [1.807, 2.05) is 23.1 Å². The number of ether oxygens (including phenoxy) is 1. The molecule has 4 rings (SSSR count). The van der Waals surface area contributed by atoms with Crippen LogP contribution in [0, 0.1) is 10.1 Å². The van der Waals surface area contributed by atoms with Gasteiger partial charge in [0.2, 0.25) is 5.95 Å². The van der Waals surface area contributed by atoms with Gasteiger partial charge in [-0.1, -0.05) is 30.3 Å². The van der Waals surface area contributed by atoms with Crippen LogP contribution in [0.25, 0.3) is 0 Å². The summed E-state index contributed by atoms with van der Waals surface area (Å²) in [7, 11) is 0. The van der Waals surface area contributed by atoms with Gasteiger partial charge in [0.05, 0.1) is 17.6 Å². The number of phenolic OH excluding ortho intramolecular Hbond substituents is 1. The minimum atomic E-state index is -4.41. The molecule has 0 radical (unpaired) electrons. The van der Waals surface area contributed by atoms with Crippen molar-refractivity contribution >= 4 is 23.8 Å². The average molecular weight is 547 g/mol. The Labute approximate surface area is 220 Å². The first-order valence-corrected chi connectivity index (χ1v) is 11.9. The van der Waals surface area contributed by atoms with Crippen LogP contribution in [0.1, 0.15) is 17.5 Å². The zero-order chi connectivity index (χ0) is 27.8. The molecule has 1 aliphatic rings. The number of hydrazone groups is 1. The number of aromatic hydroxyl groups is 1. The highest BCUT2D eigenvalue weighted by molar-refractivity contribution is 5.84. The predicted octanol–water partition coefficient (Wildman–Crippen LogP) is 3.58. The number of alkyl halides is 3. The molecule has 0 bridgehead atoms. The van der Waals surface area contributed by atoms with Crippen LogP contribution < -0.4 is 15.1 Å². The average Bonchev–Trinajstić information content (AvgIpc) is 2.90. The molecule has 0 aliphatic carbocycles. The molecule has 1 fully saturated rings. The Morgan fingerprint density at radius 1 is 1.10 bits per heavy atom. The molecule has 39 heavy (non-hydrogen) atoms. The van der Waals surface area contributed by atoms with Gasteiger partial charge in [0.15, 0.2) is 0 Å². The Balaban J connectivity index is 1.47. The molecule has 2 heterocycles. The van der Waals surface area contributed by atoms with Gasteiger partial charge in [0, 0.05) is 50.4 Å². The van der Waals surface area contributed by atoms with Gasteiger partial charge in [0.25, 0.3) is 11.6 Å². The van der Waals surface area contributed by atoms with Crippen LogP contribution in [0.5, 0.6) is 11.8 Å². The Kier molecular flexibility index (Phi) is 8.70. The SMILES string of the molecule is O=[N+]([O-])c1ccc(O)c(/C=N/Nc2nc(OCCC(F)(F)F)nc(N3CCN(Cc4ccccc4)CC3)n2)c1. The molecule has 0 amide bonds. The summed E-state index contributed by atoms with van der Waals surface area (Å²) < 4.78 is 43.0. The van der Waals surface area contributed by atoms with Crippen molar-refractivity contribution in [1.82, 2.24) is 19.9 Å². The molecule has 0 spiro atoms. The normalized spacial score (nSPS) is 14.5. The van der Waals surface area contributed by atoms with Crippen molar-refractivity contribution in [1.29, 1.82) is 0 Å². The Morgan fingerprint density at radius 3 is 2.54 bits per heavy atom. The summed E-state index contributed by atoms with van der Waals surface area (Å²) in [6.45, 7) is 2.63. The molecule has 1 saturated heterocycles. The summed E-state index contributed by atoms with van der Waals surface area (Å²) in [6.07, 6.45) is -4.46. The maximum atomic E-state index is 12.6. The van der Waals surface area contributed by atoms with Crippen LogP contribution in [-0.4, -0.2) is 75.1 Å². The van der Waals surface area contributed by atoms with E-state index in [1.54, 1.807) is 0 Å². The summed E-state index contributed by atoms with van der Waals surface area (Å²) in [6, 6.07) is 13.1. The lowest BCUT2D eigenvalue weighted by molar-refractivity contribution is -0.384. The van der Waals surface area contributed by atoms with Gasteiger partial charge in [-0.25, -0.2) is 5.43 Å². The van der Waals surface area contributed by atoms with Gasteiger partial charge in [-0.15, -0.1) is 0 Å². The van der Waals surface area contributed by atoms with Crippen molar-refractivity contribution in [3.05, 3.63) is 69.8 Å². The summed E-state index contributed by atoms with van der Waals surface area (Å²) >= 11 is 0. The molecule has 0 saturated carbocycles. The first-order chi connectivity index (χ1) is 18.7. The van der Waals surface area contributed by atoms with Gasteiger partial charge >= 0.3 is 12.2 Å². The number of nitro groups is 1. The number of phenols is 1. The number of anilines is 2. The number of nitrogens with zero attached hydrogens (tertiary/aromatic N) is 7. The minimum absolute atomic E-state index is 0.0576. The number of nitro benzene ring substituents is 1. The fourth-order valence-corrected chi connectivity index (χ4v) is 3.73. The second-order valence-corrected chi connectivity index (χ2v) is 8.57. The van der Waals surface area contributed by atoms with Gasteiger partial charge < -0.3 is 14.7 Å². The Hall–Kier alpha value is -4.53. The van der Waals surface area contributed by atoms with Gasteiger partial charge in [-0.3, -0.25) is 15.0 Å². The summed E-state index contributed by atoms with van der Waals surface area (Å²) in [4.78, 5) is 27.0. The number of aromatic nitrogens is 3. The summed E-state index contributed by atoms with van der Waals surface area (Å²) in [5, 5.41) is 24.8. The topological polar surface area (TPSA) is 142 Å². The number of halogens is 3. The molecule has 12 nitrogen and oxygen atoms in total. The number of piperazine rings is 1. The largest absolute Gasteiger partial charge is 0.507 e. The van der Waals surface area contributed by atoms with Gasteiger partial charge in [-0.05, 0) is 11.6 Å². The number of nitrogens with one attached hydrogen (secondary N) is 1. The van der Waals surface area contributed by atoms with Crippen molar-refractivity contribution in [2.75, 3.05) is 43.1 Å². The first kappa shape index (κ1) is 27.5. The predicted molar refractivity (Wildman–Crippen MR) is 136 cm³/mol. The highest BCUT2D eigenvalue weighted by Crippen LogP contribution is 2.23. The van der Waals surface area contributed by atoms with E-state index in [9.17, 15) is 28.4 Å². The van der Waals surface area contributed by atoms with Crippen LogP contribution in [0.2, 0.25) is 0 Å². The fourth-order valence-electron chi connectivity index (χ4n) is 3.73. The first-order valence-electron chi connectivity index (χ1n) is 11.9. The lowest BCUT2D eigenvalue weighted by Gasteiger charge is -2.34. The highest BCUT2D eigenvalue weighted by Gasteiger charge is 2.27. The number of rotatable bonds is 10. The number of benzene rings is 2. The van der Waals surface area contributed by atoms with E-state index in [-0.39, 0.29) is 34.9 Å². The molecule has 1 aliphatic heterocycles. The van der Waals surface area contributed by atoms with Crippen molar-refractivity contribution in [2.24, 2.45) is 5.10 Å². The molecule has 0 unspecified atom stereocenters. The standard InChI is InChI=1S/C24H25F3N8O4/c25-24(26,27)8-13-39-23-30-21(32-28-15-18-14-19(35(37)38)6-7-20(18)36)29-22(31-23)34-11-9-33(10-12-34)16-17-4-2-1-3-5-17/h1-7,14-15,36H,8-13,16H2,(H,29,30,31,32)/b28-15+. The Bertz CT molecular complexity index is 1300. The molecule has 2 N–H and O–H groups in total. The van der Waals surface area contributed by atoms with E-state index in [0.717, 1.165) is 31.0 Å². The molecule has 3 aromatic rings. The molecule has 15 heteroatoms. The van der Waals surface area contributed by atoms with E-state index in [2.05, 4.69) is 42.5 Å². The van der Waals surface area contributed by atoms with Crippen molar-refractivity contribution < 1.29 is 27.9 Å². The quantitative estimate of drug-likeness (QED) is 0.220. The van der Waals surface area contributed by atoms with Crippen molar-refractivity contribution in [3.8, 4) is 11.8 Å². The molecular formula is C24H25F3N8O4. The molecule has 2 aromatic carbocycles. The van der Waals surface area contributed by atoms with Crippen molar-refractivity contribution in [2.45, 2.75) is 19.1 Å². The van der Waals surface area contributed by atoms with Crippen LogP contribution in [0.15, 0.2) is 53.6 Å². The van der Waals surface area contributed by atoms with E-state index in [1.165, 1.54) is 5.56 Å².